The lowest BCUT2D eigenvalue weighted by Crippen LogP contribution is -2.53. The summed E-state index contributed by atoms with van der Waals surface area (Å²) in [5.74, 6) is -0.227. The van der Waals surface area contributed by atoms with Crippen molar-refractivity contribution in [2.45, 2.75) is 57.0 Å². The fourth-order valence-corrected chi connectivity index (χ4v) is 5.09. The Morgan fingerprint density at radius 3 is 2.68 bits per heavy atom. The summed E-state index contributed by atoms with van der Waals surface area (Å²) in [6.07, 6.45) is -0.596. The third-order valence-electron chi connectivity index (χ3n) is 5.66. The molecule has 3 atom stereocenters. The predicted octanol–water partition coefficient (Wildman–Crippen LogP) is 5.44. The number of halogens is 3. The average Bonchev–Trinajstić information content (AvgIpc) is 3.28. The van der Waals surface area contributed by atoms with Gasteiger partial charge in [-0.05, 0) is 48.7 Å². The Morgan fingerprint density at radius 1 is 1.35 bits per heavy atom. The van der Waals surface area contributed by atoms with Gasteiger partial charge in [-0.25, -0.2) is 9.18 Å². The van der Waals surface area contributed by atoms with Crippen molar-refractivity contribution >= 4 is 33.6 Å². The van der Waals surface area contributed by atoms with Gasteiger partial charge in [0, 0.05) is 22.5 Å². The van der Waals surface area contributed by atoms with Crippen molar-refractivity contribution in [3.63, 3.8) is 0 Å². The average molecular weight is 513 g/mol. The van der Waals surface area contributed by atoms with Gasteiger partial charge in [-0.15, -0.1) is 0 Å². The maximum Gasteiger partial charge on any atom is 0.410 e. The van der Waals surface area contributed by atoms with Crippen molar-refractivity contribution in [1.82, 2.24) is 4.90 Å². The number of β-amino-alcohol motifs (C(OH)–C–C–N with tert-alkyl or cyclic N) is 1. The number of ether oxygens (including phenoxy) is 2. The fraction of sp³-hybridized carbons (Fsp3) is 0.435. The van der Waals surface area contributed by atoms with Crippen LogP contribution in [0.2, 0.25) is 5.02 Å². The summed E-state index contributed by atoms with van der Waals surface area (Å²) in [6, 6.07) is 10.2. The van der Waals surface area contributed by atoms with Crippen LogP contribution in [0.1, 0.15) is 38.3 Å². The lowest BCUT2D eigenvalue weighted by atomic mass is 9.81. The van der Waals surface area contributed by atoms with Crippen molar-refractivity contribution in [2.24, 2.45) is 0 Å². The summed E-state index contributed by atoms with van der Waals surface area (Å²) in [5.41, 5.74) is -0.172. The van der Waals surface area contributed by atoms with Crippen LogP contribution in [-0.2, 0) is 16.8 Å². The Bertz CT molecular complexity index is 1010. The number of amides is 1. The van der Waals surface area contributed by atoms with E-state index in [4.69, 9.17) is 21.1 Å². The summed E-state index contributed by atoms with van der Waals surface area (Å²) < 4.78 is 26.8. The Hall–Kier alpha value is -1.83. The first-order chi connectivity index (χ1) is 14.5. The highest BCUT2D eigenvalue weighted by Crippen LogP contribution is 2.51. The van der Waals surface area contributed by atoms with Crippen LogP contribution in [0.15, 0.2) is 40.9 Å². The molecule has 1 amide bonds. The van der Waals surface area contributed by atoms with Gasteiger partial charge in [0.2, 0.25) is 0 Å². The summed E-state index contributed by atoms with van der Waals surface area (Å²) in [4.78, 5) is 14.6. The topological polar surface area (TPSA) is 59.0 Å². The van der Waals surface area contributed by atoms with E-state index >= 15 is 0 Å². The normalized spacial score (nSPS) is 25.3. The second kappa shape index (κ2) is 7.94. The highest BCUT2D eigenvalue weighted by atomic mass is 79.9. The quantitative estimate of drug-likeness (QED) is 0.544. The second-order valence-electron chi connectivity index (χ2n) is 9.04. The minimum absolute atomic E-state index is 0.0123. The molecule has 0 bridgehead atoms. The molecule has 166 valence electrons. The lowest BCUT2D eigenvalue weighted by molar-refractivity contribution is -0.0216. The first kappa shape index (κ1) is 22.4. The molecule has 1 fully saturated rings. The zero-order valence-electron chi connectivity index (χ0n) is 17.5. The monoisotopic (exact) mass is 511 g/mol. The van der Waals surface area contributed by atoms with Crippen molar-refractivity contribution in [2.75, 3.05) is 6.54 Å². The number of nitrogens with zero attached hydrogens (tertiary/aromatic N) is 1. The molecule has 2 aliphatic rings. The number of aliphatic hydroxyl groups is 1. The molecule has 1 N–H and O–H groups in total. The molecule has 0 radical (unpaired) electrons. The zero-order chi connectivity index (χ0) is 22.6. The molecule has 0 aliphatic carbocycles. The number of carbonyl (C=O) groups is 1. The van der Waals surface area contributed by atoms with Gasteiger partial charge in [-0.1, -0.05) is 41.9 Å². The Labute approximate surface area is 194 Å². The van der Waals surface area contributed by atoms with Crippen LogP contribution in [0.3, 0.4) is 0 Å². The predicted molar refractivity (Wildman–Crippen MR) is 119 cm³/mol. The van der Waals surface area contributed by atoms with Crippen LogP contribution in [0.25, 0.3) is 0 Å². The largest absolute Gasteiger partial charge is 0.480 e. The minimum atomic E-state index is -1.03. The van der Waals surface area contributed by atoms with Gasteiger partial charge < -0.3 is 14.6 Å². The van der Waals surface area contributed by atoms with Gasteiger partial charge in [0.1, 0.15) is 17.2 Å². The fourth-order valence-electron chi connectivity index (χ4n) is 4.40. The van der Waals surface area contributed by atoms with Gasteiger partial charge in [0.05, 0.1) is 23.7 Å². The molecule has 0 aromatic heterocycles. The van der Waals surface area contributed by atoms with E-state index < -0.39 is 35.3 Å². The Kier molecular flexibility index (Phi) is 5.73. The Morgan fingerprint density at radius 2 is 2.03 bits per heavy atom. The number of hydrogen-bond acceptors (Lipinski definition) is 4. The molecule has 5 nitrogen and oxygen atoms in total. The highest BCUT2D eigenvalue weighted by molar-refractivity contribution is 9.10. The first-order valence-corrected chi connectivity index (χ1v) is 11.3. The molecule has 1 saturated heterocycles. The standard InChI is InChI=1S/C23H24BrClFNO4/c1-22(2,3)31-21(29)27-12-14(28)9-18(27)23(13-7-5-4-6-8-13)11-15-17(30-23)10-16(26)20(25)19(15)24/h4-8,10,14,18,28H,9,11-12H2,1-3H3. The molecular weight excluding hydrogens is 489 g/mol. The molecule has 3 unspecified atom stereocenters. The number of rotatable bonds is 2. The van der Waals surface area contributed by atoms with E-state index in [-0.39, 0.29) is 11.6 Å². The molecule has 2 heterocycles. The molecular formula is C23H24BrClFNO4. The smallest absolute Gasteiger partial charge is 0.410 e. The number of likely N-dealkylation sites (tertiary alicyclic amines) is 1. The van der Waals surface area contributed by atoms with Gasteiger partial charge in [-0.2, -0.15) is 0 Å². The van der Waals surface area contributed by atoms with Crippen LogP contribution in [0.5, 0.6) is 5.75 Å². The van der Waals surface area contributed by atoms with E-state index in [2.05, 4.69) is 15.9 Å². The van der Waals surface area contributed by atoms with Crippen molar-refractivity contribution in [3.8, 4) is 5.75 Å². The van der Waals surface area contributed by atoms with Crippen LogP contribution in [-0.4, -0.2) is 40.4 Å². The van der Waals surface area contributed by atoms with Gasteiger partial charge in [-0.3, -0.25) is 4.90 Å². The molecule has 0 spiro atoms. The number of fused-ring (bicyclic) bond motifs is 1. The van der Waals surface area contributed by atoms with E-state index in [1.54, 1.807) is 20.8 Å². The van der Waals surface area contributed by atoms with E-state index in [1.165, 1.54) is 11.0 Å². The van der Waals surface area contributed by atoms with Gasteiger partial charge in [0.25, 0.3) is 0 Å². The third-order valence-corrected chi connectivity index (χ3v) is 7.13. The summed E-state index contributed by atoms with van der Waals surface area (Å²) in [5, 5.41) is 10.5. The van der Waals surface area contributed by atoms with Gasteiger partial charge in [0.15, 0.2) is 5.60 Å². The maximum atomic E-state index is 14.4. The van der Waals surface area contributed by atoms with E-state index in [0.29, 0.717) is 23.1 Å². The number of hydrogen-bond donors (Lipinski definition) is 1. The zero-order valence-corrected chi connectivity index (χ0v) is 19.8. The molecule has 0 saturated carbocycles. The second-order valence-corrected chi connectivity index (χ2v) is 10.2. The summed E-state index contributed by atoms with van der Waals surface area (Å²) in [7, 11) is 0. The van der Waals surface area contributed by atoms with E-state index in [0.717, 1.165) is 11.1 Å². The van der Waals surface area contributed by atoms with Crippen molar-refractivity contribution in [1.29, 1.82) is 0 Å². The van der Waals surface area contributed by atoms with Gasteiger partial charge >= 0.3 is 6.09 Å². The number of benzene rings is 2. The molecule has 8 heteroatoms. The lowest BCUT2D eigenvalue weighted by Gasteiger charge is -2.40. The van der Waals surface area contributed by atoms with E-state index in [9.17, 15) is 14.3 Å². The van der Waals surface area contributed by atoms with Crippen LogP contribution < -0.4 is 4.74 Å². The molecule has 2 aliphatic heterocycles. The molecule has 31 heavy (non-hydrogen) atoms. The summed E-state index contributed by atoms with van der Waals surface area (Å²) >= 11 is 9.54. The molecule has 2 aromatic rings. The molecule has 2 aromatic carbocycles. The number of carbonyl (C=O) groups excluding carboxylic acids is 1. The third kappa shape index (κ3) is 4.03. The Balaban J connectivity index is 1.82. The van der Waals surface area contributed by atoms with Crippen LogP contribution >= 0.6 is 27.5 Å². The first-order valence-electron chi connectivity index (χ1n) is 10.1. The van der Waals surface area contributed by atoms with E-state index in [1.807, 2.05) is 30.3 Å². The molecule has 4 rings (SSSR count). The van der Waals surface area contributed by atoms with Crippen LogP contribution in [0, 0.1) is 5.82 Å². The number of aliphatic hydroxyl groups excluding tert-OH is 1. The van der Waals surface area contributed by atoms with Crippen LogP contribution in [0.4, 0.5) is 9.18 Å². The SMILES string of the molecule is CC(C)(C)OC(=O)N1CC(O)CC1C1(c2ccccc2)Cc2c(cc(F)c(Cl)c2Br)O1. The minimum Gasteiger partial charge on any atom is -0.480 e. The van der Waals surface area contributed by atoms with Crippen molar-refractivity contribution < 1.29 is 23.8 Å². The highest BCUT2D eigenvalue weighted by Gasteiger charge is 2.55. The summed E-state index contributed by atoms with van der Waals surface area (Å²) in [6.45, 7) is 5.51. The van der Waals surface area contributed by atoms with Crippen molar-refractivity contribution in [3.05, 3.63) is 62.8 Å². The maximum absolute atomic E-state index is 14.4.